The first-order valence-corrected chi connectivity index (χ1v) is 5.58. The Morgan fingerprint density at radius 2 is 2.29 bits per heavy atom. The van der Waals surface area contributed by atoms with Crippen LogP contribution in [0.2, 0.25) is 0 Å². The lowest BCUT2D eigenvalue weighted by Gasteiger charge is -2.36. The third-order valence-electron chi connectivity index (χ3n) is 3.12. The van der Waals surface area contributed by atoms with E-state index in [1.54, 1.807) is 12.1 Å². The third-order valence-corrected chi connectivity index (χ3v) is 3.12. The van der Waals surface area contributed by atoms with E-state index >= 15 is 0 Å². The molecular weight excluding hydrogens is 223 g/mol. The molecule has 4 nitrogen and oxygen atoms in total. The molecule has 1 unspecified atom stereocenters. The van der Waals surface area contributed by atoms with Gasteiger partial charge < -0.3 is 15.7 Å². The van der Waals surface area contributed by atoms with Crippen molar-refractivity contribution < 1.29 is 14.3 Å². The van der Waals surface area contributed by atoms with Crippen LogP contribution in [-0.2, 0) is 0 Å². The Bertz CT molecular complexity index is 425. The largest absolute Gasteiger partial charge is 0.465 e. The van der Waals surface area contributed by atoms with Gasteiger partial charge in [-0.25, -0.2) is 9.18 Å². The fraction of sp³-hybridized carbons (Fsp3) is 0.417. The molecule has 0 aromatic heterocycles. The molecule has 1 aromatic rings. The fourth-order valence-corrected chi connectivity index (χ4v) is 2.25. The highest BCUT2D eigenvalue weighted by atomic mass is 19.1. The Labute approximate surface area is 98.8 Å². The molecule has 5 heteroatoms. The van der Waals surface area contributed by atoms with Crippen LogP contribution >= 0.6 is 0 Å². The van der Waals surface area contributed by atoms with Crippen LogP contribution in [0.25, 0.3) is 0 Å². The highest BCUT2D eigenvalue weighted by Gasteiger charge is 2.31. The van der Waals surface area contributed by atoms with Crippen LogP contribution in [-0.4, -0.2) is 28.7 Å². The molecule has 0 radical (unpaired) electrons. The molecule has 0 aliphatic carbocycles. The maximum atomic E-state index is 13.2. The Balaban J connectivity index is 2.28. The van der Waals surface area contributed by atoms with E-state index in [0.717, 1.165) is 0 Å². The van der Waals surface area contributed by atoms with E-state index in [9.17, 15) is 9.18 Å². The molecule has 2 rings (SSSR count). The maximum absolute atomic E-state index is 13.2. The molecule has 1 aliphatic rings. The van der Waals surface area contributed by atoms with Gasteiger partial charge in [-0.1, -0.05) is 12.1 Å². The van der Waals surface area contributed by atoms with Gasteiger partial charge in [-0.3, -0.25) is 0 Å². The quantitative estimate of drug-likeness (QED) is 0.786. The molecule has 92 valence electrons. The molecule has 3 N–H and O–H groups in total. The van der Waals surface area contributed by atoms with Gasteiger partial charge >= 0.3 is 6.09 Å². The predicted octanol–water partition coefficient (Wildman–Crippen LogP) is 1.97. The van der Waals surface area contributed by atoms with Crippen molar-refractivity contribution in [1.82, 2.24) is 4.90 Å². The number of hydrogen-bond donors (Lipinski definition) is 2. The lowest BCUT2D eigenvalue weighted by Crippen LogP contribution is -2.44. The van der Waals surface area contributed by atoms with E-state index in [-0.39, 0.29) is 17.9 Å². The van der Waals surface area contributed by atoms with Gasteiger partial charge in [-0.15, -0.1) is 0 Å². The van der Waals surface area contributed by atoms with Crippen molar-refractivity contribution in [3.63, 3.8) is 0 Å². The standard InChI is InChI=1S/C12H15FN2O2/c13-9-3-1-2-8(6-9)11-7-10(14)4-5-15(11)12(16)17/h1-3,6,10-11H,4-5,7,14H2,(H,16,17)/t10?,11-/m0/s1. The minimum Gasteiger partial charge on any atom is -0.465 e. The zero-order valence-electron chi connectivity index (χ0n) is 9.34. The number of likely N-dealkylation sites (tertiary alicyclic amines) is 1. The first-order valence-electron chi connectivity index (χ1n) is 5.58. The summed E-state index contributed by atoms with van der Waals surface area (Å²) in [5.74, 6) is -0.355. The second kappa shape index (κ2) is 4.71. The SMILES string of the molecule is NC1CCN(C(=O)O)[C@H](c2cccc(F)c2)C1. The second-order valence-electron chi connectivity index (χ2n) is 4.33. The molecule has 0 spiro atoms. The summed E-state index contributed by atoms with van der Waals surface area (Å²) >= 11 is 0. The van der Waals surface area contributed by atoms with E-state index in [0.29, 0.717) is 24.9 Å². The molecule has 1 aliphatic heterocycles. The summed E-state index contributed by atoms with van der Waals surface area (Å²) in [6, 6.07) is 5.67. The van der Waals surface area contributed by atoms with Gasteiger partial charge in [0, 0.05) is 12.6 Å². The van der Waals surface area contributed by atoms with Gasteiger partial charge in [0.1, 0.15) is 5.82 Å². The van der Waals surface area contributed by atoms with Crippen molar-refractivity contribution >= 4 is 6.09 Å². The first-order chi connectivity index (χ1) is 8.08. The molecule has 1 heterocycles. The summed E-state index contributed by atoms with van der Waals surface area (Å²) < 4.78 is 13.2. The van der Waals surface area contributed by atoms with E-state index in [2.05, 4.69) is 0 Å². The molecule has 2 atom stereocenters. The minimum atomic E-state index is -0.980. The van der Waals surface area contributed by atoms with Gasteiger partial charge in [-0.05, 0) is 30.5 Å². The number of halogens is 1. The van der Waals surface area contributed by atoms with E-state index in [1.165, 1.54) is 17.0 Å². The van der Waals surface area contributed by atoms with Crippen molar-refractivity contribution in [2.45, 2.75) is 24.9 Å². The number of hydrogen-bond acceptors (Lipinski definition) is 2. The van der Waals surface area contributed by atoms with Crippen molar-refractivity contribution in [3.05, 3.63) is 35.6 Å². The summed E-state index contributed by atoms with van der Waals surface area (Å²) in [5, 5.41) is 9.12. The van der Waals surface area contributed by atoms with Gasteiger partial charge in [0.05, 0.1) is 6.04 Å². The zero-order valence-corrected chi connectivity index (χ0v) is 9.34. The number of rotatable bonds is 1. The van der Waals surface area contributed by atoms with Gasteiger partial charge in [0.2, 0.25) is 0 Å². The summed E-state index contributed by atoms with van der Waals surface area (Å²) in [6.45, 7) is 0.400. The highest BCUT2D eigenvalue weighted by molar-refractivity contribution is 5.66. The van der Waals surface area contributed by atoms with Crippen LogP contribution in [0.1, 0.15) is 24.4 Å². The average molecular weight is 238 g/mol. The van der Waals surface area contributed by atoms with Gasteiger partial charge in [0.15, 0.2) is 0 Å². The first kappa shape index (κ1) is 11.9. The maximum Gasteiger partial charge on any atom is 0.407 e. The fourth-order valence-electron chi connectivity index (χ4n) is 2.25. The van der Waals surface area contributed by atoms with Crippen molar-refractivity contribution in [2.24, 2.45) is 5.73 Å². The van der Waals surface area contributed by atoms with E-state index < -0.39 is 6.09 Å². The predicted molar refractivity (Wildman–Crippen MR) is 61.1 cm³/mol. The van der Waals surface area contributed by atoms with Crippen molar-refractivity contribution in [2.75, 3.05) is 6.54 Å². The van der Waals surface area contributed by atoms with Gasteiger partial charge in [0.25, 0.3) is 0 Å². The van der Waals surface area contributed by atoms with E-state index in [1.807, 2.05) is 0 Å². The molecule has 1 aromatic carbocycles. The molecule has 1 fully saturated rings. The summed E-state index contributed by atoms with van der Waals surface area (Å²) in [7, 11) is 0. The minimum absolute atomic E-state index is 0.0288. The van der Waals surface area contributed by atoms with Crippen LogP contribution in [0, 0.1) is 5.82 Å². The number of piperidine rings is 1. The Morgan fingerprint density at radius 1 is 1.53 bits per heavy atom. The molecular formula is C12H15FN2O2. The number of amides is 1. The summed E-state index contributed by atoms with van der Waals surface area (Å²) in [6.07, 6.45) is 0.208. The van der Waals surface area contributed by atoms with Crippen LogP contribution in [0.5, 0.6) is 0 Å². The molecule has 17 heavy (non-hydrogen) atoms. The molecule has 1 amide bonds. The molecule has 1 saturated heterocycles. The monoisotopic (exact) mass is 238 g/mol. The van der Waals surface area contributed by atoms with Crippen molar-refractivity contribution in [1.29, 1.82) is 0 Å². The Hall–Kier alpha value is -1.62. The summed E-state index contributed by atoms with van der Waals surface area (Å²) in [4.78, 5) is 12.5. The Morgan fingerprint density at radius 3 is 2.94 bits per heavy atom. The van der Waals surface area contributed by atoms with Crippen LogP contribution in [0.15, 0.2) is 24.3 Å². The van der Waals surface area contributed by atoms with Crippen LogP contribution in [0.4, 0.5) is 9.18 Å². The molecule has 0 saturated carbocycles. The van der Waals surface area contributed by atoms with E-state index in [4.69, 9.17) is 10.8 Å². The number of nitrogens with zero attached hydrogens (tertiary/aromatic N) is 1. The number of carboxylic acid groups (broad SMARTS) is 1. The lowest BCUT2D eigenvalue weighted by atomic mass is 9.92. The molecule has 0 bridgehead atoms. The average Bonchev–Trinajstić information content (AvgIpc) is 2.28. The van der Waals surface area contributed by atoms with Gasteiger partial charge in [-0.2, -0.15) is 0 Å². The summed E-state index contributed by atoms with van der Waals surface area (Å²) in [5.41, 5.74) is 6.52. The van der Waals surface area contributed by atoms with Crippen molar-refractivity contribution in [3.8, 4) is 0 Å². The highest BCUT2D eigenvalue weighted by Crippen LogP contribution is 2.30. The number of benzene rings is 1. The number of nitrogens with two attached hydrogens (primary N) is 1. The zero-order chi connectivity index (χ0) is 12.4. The normalized spacial score (nSPS) is 24.7. The number of carbonyl (C=O) groups is 1. The smallest absolute Gasteiger partial charge is 0.407 e. The van der Waals surface area contributed by atoms with Crippen LogP contribution in [0.3, 0.4) is 0 Å². The second-order valence-corrected chi connectivity index (χ2v) is 4.33. The van der Waals surface area contributed by atoms with Crippen LogP contribution < -0.4 is 5.73 Å². The third kappa shape index (κ3) is 2.55. The Kier molecular flexibility index (Phi) is 3.28. The lowest BCUT2D eigenvalue weighted by molar-refractivity contribution is 0.101. The topological polar surface area (TPSA) is 66.6 Å².